The molecule has 1 aromatic rings. The van der Waals surface area contributed by atoms with Crippen molar-refractivity contribution in [2.75, 3.05) is 13.1 Å². The number of aromatic amines is 1. The maximum atomic E-state index is 11.5. The lowest BCUT2D eigenvalue weighted by Crippen LogP contribution is -2.29. The van der Waals surface area contributed by atoms with Crippen molar-refractivity contribution in [3.8, 4) is 0 Å². The second-order valence-electron chi connectivity index (χ2n) is 2.85. The second kappa shape index (κ2) is 4.04. The highest BCUT2D eigenvalue weighted by atomic mass is 16.1. The number of H-pyrrole nitrogens is 1. The molecule has 1 rings (SSSR count). The van der Waals surface area contributed by atoms with E-state index in [1.807, 2.05) is 6.92 Å². The third-order valence-electron chi connectivity index (χ3n) is 1.79. The molecule has 0 saturated heterocycles. The zero-order valence-electron chi connectivity index (χ0n) is 7.85. The minimum atomic E-state index is -0.116. The highest BCUT2D eigenvalue weighted by Gasteiger charge is 2.13. The molecule has 0 radical (unpaired) electrons. The van der Waals surface area contributed by atoms with Crippen LogP contribution in [0.3, 0.4) is 0 Å². The average molecular weight is 182 g/mol. The Hall–Kier alpha value is -1.36. The van der Waals surface area contributed by atoms with Crippen LogP contribution in [0.25, 0.3) is 0 Å². The lowest BCUT2D eigenvalue weighted by molar-refractivity contribution is 0.0953. The Labute approximate surface area is 76.7 Å². The number of carbonyl (C=O) groups is 1. The number of carbonyl (C=O) groups excluding carboxylic acids is 1. The summed E-state index contributed by atoms with van der Waals surface area (Å²) in [6.45, 7) is 4.54. The van der Waals surface area contributed by atoms with E-state index in [9.17, 15) is 4.79 Å². The summed E-state index contributed by atoms with van der Waals surface area (Å²) in [7, 11) is 0. The number of aryl methyl sites for hydroxylation is 2. The fourth-order valence-corrected chi connectivity index (χ4v) is 1.16. The standard InChI is InChI=1S/C8H14N4O/c1-5-7(6(2)12-11-5)8(13)10-4-3-9/h3-4,9H2,1-2H3,(H,10,13)(H,11,12). The molecule has 0 aliphatic carbocycles. The first-order valence-electron chi connectivity index (χ1n) is 4.16. The van der Waals surface area contributed by atoms with Gasteiger partial charge in [0.2, 0.25) is 0 Å². The number of nitrogens with zero attached hydrogens (tertiary/aromatic N) is 1. The number of aromatic nitrogens is 2. The summed E-state index contributed by atoms with van der Waals surface area (Å²) in [5.74, 6) is -0.116. The Bertz CT molecular complexity index is 286. The molecule has 72 valence electrons. The Balaban J connectivity index is 2.76. The largest absolute Gasteiger partial charge is 0.351 e. The van der Waals surface area contributed by atoms with Gasteiger partial charge in [0.1, 0.15) is 0 Å². The number of nitrogens with two attached hydrogens (primary N) is 1. The third kappa shape index (κ3) is 2.06. The molecule has 4 N–H and O–H groups in total. The van der Waals surface area contributed by atoms with Crippen LogP contribution in [0.4, 0.5) is 0 Å². The van der Waals surface area contributed by atoms with Crippen LogP contribution in [-0.2, 0) is 0 Å². The normalized spacial score (nSPS) is 10.1. The minimum Gasteiger partial charge on any atom is -0.351 e. The van der Waals surface area contributed by atoms with Crippen molar-refractivity contribution in [3.63, 3.8) is 0 Å². The average Bonchev–Trinajstić information content (AvgIpc) is 2.42. The summed E-state index contributed by atoms with van der Waals surface area (Å²) in [6, 6.07) is 0. The SMILES string of the molecule is Cc1n[nH]c(C)c1C(=O)NCCN. The van der Waals surface area contributed by atoms with Crippen LogP contribution < -0.4 is 11.1 Å². The van der Waals surface area contributed by atoms with Crippen molar-refractivity contribution in [3.05, 3.63) is 17.0 Å². The van der Waals surface area contributed by atoms with Crippen molar-refractivity contribution in [1.82, 2.24) is 15.5 Å². The van der Waals surface area contributed by atoms with Gasteiger partial charge >= 0.3 is 0 Å². The minimum absolute atomic E-state index is 0.116. The van der Waals surface area contributed by atoms with Crippen LogP contribution in [0.1, 0.15) is 21.7 Å². The maximum absolute atomic E-state index is 11.5. The first-order valence-corrected chi connectivity index (χ1v) is 4.16. The van der Waals surface area contributed by atoms with Crippen molar-refractivity contribution in [1.29, 1.82) is 0 Å². The van der Waals surface area contributed by atoms with E-state index in [0.717, 1.165) is 5.69 Å². The van der Waals surface area contributed by atoms with Gasteiger partial charge in [0, 0.05) is 18.8 Å². The van der Waals surface area contributed by atoms with Crippen LogP contribution >= 0.6 is 0 Å². The fourth-order valence-electron chi connectivity index (χ4n) is 1.16. The summed E-state index contributed by atoms with van der Waals surface area (Å²) in [5, 5.41) is 9.37. The zero-order valence-corrected chi connectivity index (χ0v) is 7.85. The molecule has 0 aliphatic rings. The maximum Gasteiger partial charge on any atom is 0.255 e. The van der Waals surface area contributed by atoms with Gasteiger partial charge in [-0.1, -0.05) is 0 Å². The number of rotatable bonds is 3. The molecule has 0 spiro atoms. The predicted octanol–water partition coefficient (Wildman–Crippen LogP) is -0.285. The highest BCUT2D eigenvalue weighted by Crippen LogP contribution is 2.08. The molecular weight excluding hydrogens is 168 g/mol. The smallest absolute Gasteiger partial charge is 0.255 e. The van der Waals surface area contributed by atoms with E-state index in [1.54, 1.807) is 6.92 Å². The van der Waals surface area contributed by atoms with Crippen molar-refractivity contribution in [2.45, 2.75) is 13.8 Å². The van der Waals surface area contributed by atoms with Crippen LogP contribution in [0.5, 0.6) is 0 Å². The Morgan fingerprint density at radius 1 is 1.62 bits per heavy atom. The molecule has 0 aliphatic heterocycles. The summed E-state index contributed by atoms with van der Waals surface area (Å²) in [4.78, 5) is 11.5. The van der Waals surface area contributed by atoms with E-state index in [1.165, 1.54) is 0 Å². The van der Waals surface area contributed by atoms with Gasteiger partial charge in [0.25, 0.3) is 5.91 Å². The van der Waals surface area contributed by atoms with E-state index in [4.69, 9.17) is 5.73 Å². The first-order chi connectivity index (χ1) is 6.16. The monoisotopic (exact) mass is 182 g/mol. The Morgan fingerprint density at radius 2 is 2.31 bits per heavy atom. The van der Waals surface area contributed by atoms with Crippen molar-refractivity contribution < 1.29 is 4.79 Å². The number of hydrogen-bond acceptors (Lipinski definition) is 3. The van der Waals surface area contributed by atoms with Gasteiger partial charge in [-0.05, 0) is 13.8 Å². The van der Waals surface area contributed by atoms with E-state index in [0.29, 0.717) is 24.3 Å². The molecule has 0 atom stereocenters. The van der Waals surface area contributed by atoms with Gasteiger partial charge in [-0.25, -0.2) is 0 Å². The van der Waals surface area contributed by atoms with E-state index in [-0.39, 0.29) is 5.91 Å². The lowest BCUT2D eigenvalue weighted by atomic mass is 10.2. The van der Waals surface area contributed by atoms with Gasteiger partial charge in [-0.3, -0.25) is 9.89 Å². The fraction of sp³-hybridized carbons (Fsp3) is 0.500. The summed E-state index contributed by atoms with van der Waals surface area (Å²) >= 11 is 0. The molecule has 1 heterocycles. The van der Waals surface area contributed by atoms with Gasteiger partial charge in [-0.15, -0.1) is 0 Å². The summed E-state index contributed by atoms with van der Waals surface area (Å²) in [5.41, 5.74) is 7.39. The van der Waals surface area contributed by atoms with E-state index in [2.05, 4.69) is 15.5 Å². The topological polar surface area (TPSA) is 83.8 Å². The Morgan fingerprint density at radius 3 is 2.77 bits per heavy atom. The summed E-state index contributed by atoms with van der Waals surface area (Å²) in [6.07, 6.45) is 0. The molecule has 13 heavy (non-hydrogen) atoms. The van der Waals surface area contributed by atoms with E-state index < -0.39 is 0 Å². The molecule has 5 heteroatoms. The molecule has 0 aromatic carbocycles. The molecule has 0 fully saturated rings. The van der Waals surface area contributed by atoms with Gasteiger partial charge in [-0.2, -0.15) is 5.10 Å². The number of hydrogen-bond donors (Lipinski definition) is 3. The van der Waals surface area contributed by atoms with Crippen LogP contribution in [0, 0.1) is 13.8 Å². The molecule has 1 aromatic heterocycles. The first kappa shape index (κ1) is 9.73. The number of amides is 1. The van der Waals surface area contributed by atoms with Crippen molar-refractivity contribution in [2.24, 2.45) is 5.73 Å². The quantitative estimate of drug-likeness (QED) is 0.601. The lowest BCUT2D eigenvalue weighted by Gasteiger charge is -2.02. The molecular formula is C8H14N4O. The molecule has 0 unspecified atom stereocenters. The predicted molar refractivity (Wildman–Crippen MR) is 49.4 cm³/mol. The second-order valence-corrected chi connectivity index (χ2v) is 2.85. The number of nitrogens with one attached hydrogen (secondary N) is 2. The van der Waals surface area contributed by atoms with Crippen LogP contribution in [-0.4, -0.2) is 29.2 Å². The van der Waals surface area contributed by atoms with Crippen molar-refractivity contribution >= 4 is 5.91 Å². The van der Waals surface area contributed by atoms with Crippen LogP contribution in [0.15, 0.2) is 0 Å². The molecule has 5 nitrogen and oxygen atoms in total. The molecule has 0 bridgehead atoms. The van der Waals surface area contributed by atoms with Gasteiger partial charge < -0.3 is 11.1 Å². The van der Waals surface area contributed by atoms with E-state index >= 15 is 0 Å². The third-order valence-corrected chi connectivity index (χ3v) is 1.79. The molecule has 1 amide bonds. The van der Waals surface area contributed by atoms with Gasteiger partial charge in [0.05, 0.1) is 11.3 Å². The Kier molecular flexibility index (Phi) is 3.02. The zero-order chi connectivity index (χ0) is 9.84. The van der Waals surface area contributed by atoms with Gasteiger partial charge in [0.15, 0.2) is 0 Å². The summed E-state index contributed by atoms with van der Waals surface area (Å²) < 4.78 is 0. The van der Waals surface area contributed by atoms with Crippen LogP contribution in [0.2, 0.25) is 0 Å². The molecule has 0 saturated carbocycles. The highest BCUT2D eigenvalue weighted by molar-refractivity contribution is 5.96.